The van der Waals surface area contributed by atoms with E-state index in [4.69, 9.17) is 4.74 Å². The van der Waals surface area contributed by atoms with Gasteiger partial charge in [-0.05, 0) is 86.9 Å². The first kappa shape index (κ1) is 17.5. The van der Waals surface area contributed by atoms with E-state index in [9.17, 15) is 0 Å². The molecule has 4 unspecified atom stereocenters. The van der Waals surface area contributed by atoms with Gasteiger partial charge in [0.1, 0.15) is 5.75 Å². The predicted molar refractivity (Wildman–Crippen MR) is 104 cm³/mol. The number of fused-ring (bicyclic) bond motifs is 2. The van der Waals surface area contributed by atoms with Crippen LogP contribution in [0.2, 0.25) is 0 Å². The molecule has 138 valence electrons. The average Bonchev–Trinajstić information content (AvgIpc) is 2.96. The van der Waals surface area contributed by atoms with Crippen LogP contribution in [-0.2, 0) is 0 Å². The lowest BCUT2D eigenvalue weighted by molar-refractivity contribution is 0.126. The van der Waals surface area contributed by atoms with Crippen molar-refractivity contribution in [3.63, 3.8) is 0 Å². The predicted octanol–water partition coefficient (Wildman–Crippen LogP) is 4.28. The Bertz CT molecular complexity index is 743. The van der Waals surface area contributed by atoms with Crippen molar-refractivity contribution < 1.29 is 4.74 Å². The minimum atomic E-state index is 0.260. The van der Waals surface area contributed by atoms with Crippen LogP contribution < -0.4 is 10.1 Å². The molecule has 2 heterocycles. The van der Waals surface area contributed by atoms with Crippen LogP contribution in [0.25, 0.3) is 11.4 Å². The lowest BCUT2D eigenvalue weighted by Gasteiger charge is -2.27. The highest BCUT2D eigenvalue weighted by Gasteiger charge is 2.40. The lowest BCUT2D eigenvalue weighted by atomic mass is 9.91. The van der Waals surface area contributed by atoms with Gasteiger partial charge in [-0.2, -0.15) is 0 Å². The number of ether oxygens (including phenoxy) is 1. The van der Waals surface area contributed by atoms with Gasteiger partial charge in [0.15, 0.2) is 5.82 Å². The quantitative estimate of drug-likeness (QED) is 0.873. The summed E-state index contributed by atoms with van der Waals surface area (Å²) in [6, 6.07) is 10.2. The number of hydrogen-bond acceptors (Lipinski definition) is 4. The number of nitrogens with one attached hydrogen (secondary N) is 1. The molecule has 2 aliphatic rings. The Morgan fingerprint density at radius 3 is 2.58 bits per heavy atom. The third-order valence-corrected chi connectivity index (χ3v) is 5.99. The minimum Gasteiger partial charge on any atom is -0.490 e. The summed E-state index contributed by atoms with van der Waals surface area (Å²) in [5, 5.41) is 3.56. The molecule has 1 saturated carbocycles. The van der Waals surface area contributed by atoms with Crippen LogP contribution in [-0.4, -0.2) is 29.2 Å². The molecule has 0 spiro atoms. The Morgan fingerprint density at radius 1 is 1.04 bits per heavy atom. The van der Waals surface area contributed by atoms with Crippen LogP contribution in [0.5, 0.6) is 5.75 Å². The minimum absolute atomic E-state index is 0.260. The van der Waals surface area contributed by atoms with Crippen LogP contribution in [0.1, 0.15) is 45.2 Å². The van der Waals surface area contributed by atoms with Crippen molar-refractivity contribution in [1.82, 2.24) is 15.3 Å². The van der Waals surface area contributed by atoms with Gasteiger partial charge in [0.2, 0.25) is 0 Å². The standard InChI is InChI=1S/C22H29N3O/c1-14(2)21-8-9-24-22(25-21)17-4-6-19(7-5-17)26-15(3)20-11-16-10-18(20)13-23-12-16/h4-9,14-16,18,20,23H,10-13H2,1-3H3. The number of hydrogen-bond donors (Lipinski definition) is 1. The van der Waals surface area contributed by atoms with E-state index in [1.54, 1.807) is 0 Å². The molecule has 1 aliphatic heterocycles. The first-order valence-electron chi connectivity index (χ1n) is 9.91. The Labute approximate surface area is 156 Å². The van der Waals surface area contributed by atoms with E-state index in [2.05, 4.69) is 60.3 Å². The van der Waals surface area contributed by atoms with E-state index in [1.807, 2.05) is 12.3 Å². The first-order valence-corrected chi connectivity index (χ1v) is 9.91. The van der Waals surface area contributed by atoms with Gasteiger partial charge in [-0.15, -0.1) is 0 Å². The van der Waals surface area contributed by atoms with Gasteiger partial charge in [-0.25, -0.2) is 9.97 Å². The van der Waals surface area contributed by atoms with Gasteiger partial charge in [-0.3, -0.25) is 0 Å². The van der Waals surface area contributed by atoms with E-state index < -0.39 is 0 Å². The molecule has 2 bridgehead atoms. The summed E-state index contributed by atoms with van der Waals surface area (Å²) in [5.41, 5.74) is 2.11. The molecular weight excluding hydrogens is 322 g/mol. The Balaban J connectivity index is 1.44. The Hall–Kier alpha value is -1.94. The second-order valence-electron chi connectivity index (χ2n) is 8.23. The number of nitrogens with zero attached hydrogens (tertiary/aromatic N) is 2. The number of benzene rings is 1. The van der Waals surface area contributed by atoms with Crippen molar-refractivity contribution in [2.45, 2.75) is 45.6 Å². The monoisotopic (exact) mass is 351 g/mol. The summed E-state index contributed by atoms with van der Waals surface area (Å²) >= 11 is 0. The van der Waals surface area contributed by atoms with Gasteiger partial charge in [0, 0.05) is 17.5 Å². The van der Waals surface area contributed by atoms with Crippen molar-refractivity contribution in [2.75, 3.05) is 13.1 Å². The van der Waals surface area contributed by atoms with Crippen molar-refractivity contribution in [3.8, 4) is 17.1 Å². The smallest absolute Gasteiger partial charge is 0.159 e. The number of aromatic nitrogens is 2. The molecule has 26 heavy (non-hydrogen) atoms. The molecule has 1 aliphatic carbocycles. The molecule has 1 aromatic carbocycles. The Kier molecular flexibility index (Phi) is 4.94. The van der Waals surface area contributed by atoms with E-state index >= 15 is 0 Å². The highest BCUT2D eigenvalue weighted by molar-refractivity contribution is 5.56. The second kappa shape index (κ2) is 7.36. The number of rotatable bonds is 5. The average molecular weight is 351 g/mol. The van der Waals surface area contributed by atoms with Gasteiger partial charge in [-0.1, -0.05) is 13.8 Å². The molecule has 1 saturated heterocycles. The van der Waals surface area contributed by atoms with E-state index in [0.717, 1.165) is 41.2 Å². The van der Waals surface area contributed by atoms with Crippen molar-refractivity contribution >= 4 is 0 Å². The third kappa shape index (κ3) is 3.61. The van der Waals surface area contributed by atoms with Crippen molar-refractivity contribution in [3.05, 3.63) is 42.2 Å². The SMILES string of the molecule is CC(C)c1ccnc(-c2ccc(OC(C)C3CC4CNCC3C4)cc2)n1. The number of piperidine rings is 1. The lowest BCUT2D eigenvalue weighted by Crippen LogP contribution is -2.34. The molecular formula is C22H29N3O. The van der Waals surface area contributed by atoms with Crippen LogP contribution in [0.15, 0.2) is 36.5 Å². The zero-order chi connectivity index (χ0) is 18.1. The Morgan fingerprint density at radius 2 is 1.85 bits per heavy atom. The highest BCUT2D eigenvalue weighted by atomic mass is 16.5. The third-order valence-electron chi connectivity index (χ3n) is 5.99. The highest BCUT2D eigenvalue weighted by Crippen LogP contribution is 2.41. The molecule has 1 aromatic heterocycles. The maximum Gasteiger partial charge on any atom is 0.159 e. The second-order valence-corrected chi connectivity index (χ2v) is 8.23. The van der Waals surface area contributed by atoms with Gasteiger partial charge >= 0.3 is 0 Å². The first-order chi connectivity index (χ1) is 12.6. The fourth-order valence-corrected chi connectivity index (χ4v) is 4.54. The van der Waals surface area contributed by atoms with Crippen LogP contribution >= 0.6 is 0 Å². The largest absolute Gasteiger partial charge is 0.490 e. The van der Waals surface area contributed by atoms with Crippen LogP contribution in [0.3, 0.4) is 0 Å². The molecule has 4 nitrogen and oxygen atoms in total. The summed E-state index contributed by atoms with van der Waals surface area (Å²) in [6.07, 6.45) is 4.77. The van der Waals surface area contributed by atoms with Gasteiger partial charge in [0.05, 0.1) is 6.10 Å². The van der Waals surface area contributed by atoms with Gasteiger partial charge in [0.25, 0.3) is 0 Å². The van der Waals surface area contributed by atoms with Crippen LogP contribution in [0.4, 0.5) is 0 Å². The summed E-state index contributed by atoms with van der Waals surface area (Å²) < 4.78 is 6.29. The van der Waals surface area contributed by atoms with Crippen molar-refractivity contribution in [1.29, 1.82) is 0 Å². The zero-order valence-electron chi connectivity index (χ0n) is 16.0. The summed E-state index contributed by atoms with van der Waals surface area (Å²) in [4.78, 5) is 9.10. The summed E-state index contributed by atoms with van der Waals surface area (Å²) in [7, 11) is 0. The summed E-state index contributed by atoms with van der Waals surface area (Å²) in [6.45, 7) is 8.87. The maximum absolute atomic E-state index is 6.29. The van der Waals surface area contributed by atoms with Crippen LogP contribution in [0, 0.1) is 17.8 Å². The molecule has 1 N–H and O–H groups in total. The molecule has 0 amide bonds. The normalized spacial score (nSPS) is 26.1. The molecule has 4 heteroatoms. The molecule has 4 rings (SSSR count). The van der Waals surface area contributed by atoms with Gasteiger partial charge < -0.3 is 10.1 Å². The van der Waals surface area contributed by atoms with E-state index in [1.165, 1.54) is 19.4 Å². The molecule has 2 aromatic rings. The van der Waals surface area contributed by atoms with Crippen molar-refractivity contribution in [2.24, 2.45) is 17.8 Å². The fraction of sp³-hybridized carbons (Fsp3) is 0.545. The van der Waals surface area contributed by atoms with E-state index in [-0.39, 0.29) is 6.10 Å². The summed E-state index contributed by atoms with van der Waals surface area (Å²) in [5.74, 6) is 4.41. The molecule has 4 atom stereocenters. The topological polar surface area (TPSA) is 47.0 Å². The molecule has 0 radical (unpaired) electrons. The fourth-order valence-electron chi connectivity index (χ4n) is 4.54. The molecule has 2 fully saturated rings. The van der Waals surface area contributed by atoms with E-state index in [0.29, 0.717) is 11.8 Å². The zero-order valence-corrected chi connectivity index (χ0v) is 16.0. The maximum atomic E-state index is 6.29.